The molecule has 3 N–H and O–H groups in total. The Balaban J connectivity index is 2.19. The second kappa shape index (κ2) is 4.75. The van der Waals surface area contributed by atoms with Crippen molar-refractivity contribution in [2.24, 2.45) is 7.05 Å². The van der Waals surface area contributed by atoms with Gasteiger partial charge in [0.1, 0.15) is 0 Å². The first-order valence-electron chi connectivity index (χ1n) is 5.16. The van der Waals surface area contributed by atoms with E-state index in [1.54, 1.807) is 31.6 Å². The summed E-state index contributed by atoms with van der Waals surface area (Å²) in [4.78, 5) is 7.61. The van der Waals surface area contributed by atoms with Gasteiger partial charge in [0.05, 0.1) is 6.33 Å². The Labute approximate surface area is 105 Å². The van der Waals surface area contributed by atoms with Crippen LogP contribution < -0.4 is 10.5 Å². The molecule has 0 aliphatic rings. The second-order valence-corrected chi connectivity index (χ2v) is 5.41. The highest BCUT2D eigenvalue weighted by molar-refractivity contribution is 7.89. The van der Waals surface area contributed by atoms with E-state index in [0.29, 0.717) is 0 Å². The third kappa shape index (κ3) is 2.49. The predicted octanol–water partition coefficient (Wildman–Crippen LogP) is -0.124. The topological polar surface area (TPSA) is 103 Å². The Morgan fingerprint density at radius 3 is 2.61 bits per heavy atom. The molecular weight excluding hydrogens is 254 g/mol. The van der Waals surface area contributed by atoms with E-state index in [4.69, 9.17) is 5.73 Å². The number of imidazole rings is 1. The molecule has 96 valence electrons. The van der Waals surface area contributed by atoms with E-state index in [0.717, 1.165) is 5.56 Å². The van der Waals surface area contributed by atoms with Crippen LogP contribution in [0.1, 0.15) is 5.56 Å². The fourth-order valence-electron chi connectivity index (χ4n) is 1.51. The third-order valence-electron chi connectivity index (χ3n) is 2.38. The van der Waals surface area contributed by atoms with Gasteiger partial charge >= 0.3 is 0 Å². The van der Waals surface area contributed by atoms with Gasteiger partial charge in [-0.1, -0.05) is 0 Å². The normalized spacial score (nSPS) is 11.6. The monoisotopic (exact) mass is 267 g/mol. The summed E-state index contributed by atoms with van der Waals surface area (Å²) >= 11 is 0. The highest BCUT2D eigenvalue weighted by atomic mass is 32.2. The number of nitrogens with two attached hydrogens (primary N) is 1. The molecule has 0 radical (unpaired) electrons. The number of nitrogens with one attached hydrogen (secondary N) is 1. The zero-order valence-corrected chi connectivity index (χ0v) is 10.6. The minimum Gasteiger partial charge on any atom is -0.381 e. The molecule has 8 heteroatoms. The van der Waals surface area contributed by atoms with E-state index in [9.17, 15) is 8.42 Å². The Morgan fingerprint density at radius 1 is 1.39 bits per heavy atom. The van der Waals surface area contributed by atoms with Crippen molar-refractivity contribution in [3.05, 3.63) is 36.4 Å². The summed E-state index contributed by atoms with van der Waals surface area (Å²) in [6, 6.07) is 3.46. The van der Waals surface area contributed by atoms with Crippen molar-refractivity contribution in [3.63, 3.8) is 0 Å². The summed E-state index contributed by atoms with van der Waals surface area (Å²) in [5.74, 6) is -0.0141. The van der Waals surface area contributed by atoms with Gasteiger partial charge in [-0.15, -0.1) is 0 Å². The lowest BCUT2D eigenvalue weighted by Crippen LogP contribution is -2.25. The molecule has 0 saturated heterocycles. The molecular formula is C10H13N5O2S. The van der Waals surface area contributed by atoms with Crippen molar-refractivity contribution in [1.29, 1.82) is 0 Å². The molecule has 7 nitrogen and oxygen atoms in total. The van der Waals surface area contributed by atoms with E-state index in [-0.39, 0.29) is 17.4 Å². The summed E-state index contributed by atoms with van der Waals surface area (Å²) in [6.07, 6.45) is 4.56. The number of rotatable bonds is 4. The number of aryl methyl sites for hydroxylation is 1. The second-order valence-electron chi connectivity index (χ2n) is 3.73. The molecule has 0 saturated carbocycles. The standard InChI is InChI=1S/C10H13N5O2S/c1-15-7-13-9(11)10(15)18(16,17)14-6-8-2-4-12-5-3-8/h2-5,7,14H,6,11H2,1H3. The van der Waals surface area contributed by atoms with Gasteiger partial charge in [0, 0.05) is 26.0 Å². The SMILES string of the molecule is Cn1cnc(N)c1S(=O)(=O)NCc1ccncc1. The number of pyridine rings is 1. The molecule has 0 aliphatic heterocycles. The number of aromatic nitrogens is 3. The molecule has 2 heterocycles. The molecule has 2 aromatic heterocycles. The van der Waals surface area contributed by atoms with E-state index < -0.39 is 10.0 Å². The Morgan fingerprint density at radius 2 is 2.06 bits per heavy atom. The van der Waals surface area contributed by atoms with Crippen LogP contribution in [0.2, 0.25) is 0 Å². The Hall–Kier alpha value is -1.93. The molecule has 0 spiro atoms. The first-order valence-corrected chi connectivity index (χ1v) is 6.64. The molecule has 0 fully saturated rings. The highest BCUT2D eigenvalue weighted by Crippen LogP contribution is 2.15. The van der Waals surface area contributed by atoms with Gasteiger partial charge in [-0.25, -0.2) is 18.1 Å². The summed E-state index contributed by atoms with van der Waals surface area (Å²) in [6.45, 7) is 0.176. The predicted molar refractivity (Wildman–Crippen MR) is 65.9 cm³/mol. The van der Waals surface area contributed by atoms with Gasteiger partial charge < -0.3 is 10.3 Å². The molecule has 0 atom stereocenters. The quantitative estimate of drug-likeness (QED) is 0.803. The number of nitrogen functional groups attached to an aromatic ring is 1. The zero-order chi connectivity index (χ0) is 13.2. The van der Waals surface area contributed by atoms with Crippen molar-refractivity contribution in [2.45, 2.75) is 11.6 Å². The average Bonchev–Trinajstić information content (AvgIpc) is 2.69. The average molecular weight is 267 g/mol. The van der Waals surface area contributed by atoms with Crippen LogP contribution in [-0.4, -0.2) is 23.0 Å². The lowest BCUT2D eigenvalue weighted by molar-refractivity contribution is 0.571. The third-order valence-corrected chi connectivity index (χ3v) is 3.91. The number of anilines is 1. The molecule has 0 unspecified atom stereocenters. The van der Waals surface area contributed by atoms with Gasteiger partial charge in [0.2, 0.25) is 0 Å². The fourth-order valence-corrected chi connectivity index (χ4v) is 2.76. The van der Waals surface area contributed by atoms with Crippen LogP contribution >= 0.6 is 0 Å². The maximum Gasteiger partial charge on any atom is 0.260 e. The number of nitrogens with zero attached hydrogens (tertiary/aromatic N) is 3. The van der Waals surface area contributed by atoms with E-state index in [1.807, 2.05) is 0 Å². The lowest BCUT2D eigenvalue weighted by Gasteiger charge is -2.07. The van der Waals surface area contributed by atoms with Crippen LogP contribution in [0, 0.1) is 0 Å². The Kier molecular flexibility index (Phi) is 3.30. The minimum atomic E-state index is -3.67. The van der Waals surface area contributed by atoms with Crippen LogP contribution in [0.25, 0.3) is 0 Å². The van der Waals surface area contributed by atoms with Crippen molar-refractivity contribution in [3.8, 4) is 0 Å². The minimum absolute atomic E-state index is 0.0141. The van der Waals surface area contributed by atoms with Gasteiger partial charge in [-0.05, 0) is 17.7 Å². The maximum absolute atomic E-state index is 12.0. The maximum atomic E-state index is 12.0. The largest absolute Gasteiger partial charge is 0.381 e. The molecule has 2 rings (SSSR count). The zero-order valence-electron chi connectivity index (χ0n) is 9.74. The molecule has 0 aromatic carbocycles. The highest BCUT2D eigenvalue weighted by Gasteiger charge is 2.21. The van der Waals surface area contributed by atoms with Crippen molar-refractivity contribution < 1.29 is 8.42 Å². The molecule has 0 amide bonds. The first-order chi connectivity index (χ1) is 8.50. The summed E-state index contributed by atoms with van der Waals surface area (Å²) in [5.41, 5.74) is 6.35. The lowest BCUT2D eigenvalue weighted by atomic mass is 10.3. The van der Waals surface area contributed by atoms with Crippen LogP contribution in [0.4, 0.5) is 5.82 Å². The molecule has 0 aliphatic carbocycles. The van der Waals surface area contributed by atoms with Crippen LogP contribution in [-0.2, 0) is 23.6 Å². The number of hydrogen-bond acceptors (Lipinski definition) is 5. The van der Waals surface area contributed by atoms with Gasteiger partial charge in [0.15, 0.2) is 10.8 Å². The summed E-state index contributed by atoms with van der Waals surface area (Å²) in [5, 5.41) is -0.0310. The van der Waals surface area contributed by atoms with Crippen LogP contribution in [0.5, 0.6) is 0 Å². The van der Waals surface area contributed by atoms with Gasteiger partial charge in [0.25, 0.3) is 10.0 Å². The number of sulfonamides is 1. The van der Waals surface area contributed by atoms with Crippen molar-refractivity contribution in [2.75, 3.05) is 5.73 Å². The van der Waals surface area contributed by atoms with E-state index >= 15 is 0 Å². The van der Waals surface area contributed by atoms with Crippen LogP contribution in [0.15, 0.2) is 35.9 Å². The molecule has 0 bridgehead atoms. The van der Waals surface area contributed by atoms with Gasteiger partial charge in [-0.3, -0.25) is 4.98 Å². The number of hydrogen-bond donors (Lipinski definition) is 2. The van der Waals surface area contributed by atoms with E-state index in [2.05, 4.69) is 14.7 Å². The fraction of sp³-hybridized carbons (Fsp3) is 0.200. The van der Waals surface area contributed by atoms with Crippen molar-refractivity contribution in [1.82, 2.24) is 19.3 Å². The van der Waals surface area contributed by atoms with Crippen LogP contribution in [0.3, 0.4) is 0 Å². The summed E-state index contributed by atoms with van der Waals surface area (Å²) in [7, 11) is -2.10. The van der Waals surface area contributed by atoms with E-state index in [1.165, 1.54) is 10.9 Å². The molecule has 18 heavy (non-hydrogen) atoms. The van der Waals surface area contributed by atoms with Gasteiger partial charge in [-0.2, -0.15) is 0 Å². The molecule has 2 aromatic rings. The summed E-state index contributed by atoms with van der Waals surface area (Å²) < 4.78 is 27.9. The first kappa shape index (κ1) is 12.5. The Bertz CT molecular complexity index is 616. The van der Waals surface area contributed by atoms with Crippen molar-refractivity contribution >= 4 is 15.8 Å². The smallest absolute Gasteiger partial charge is 0.260 e.